The van der Waals surface area contributed by atoms with Crippen LogP contribution < -0.4 is 0 Å². The van der Waals surface area contributed by atoms with Gasteiger partial charge >= 0.3 is 0 Å². The Hall–Kier alpha value is -0.920. The molecule has 2 atom stereocenters. The van der Waals surface area contributed by atoms with Crippen molar-refractivity contribution < 1.29 is 13.2 Å². The molecule has 1 aliphatic carbocycles. The first-order chi connectivity index (χ1) is 13.4. The Morgan fingerprint density at radius 1 is 1.11 bits per heavy atom. The zero-order chi connectivity index (χ0) is 19.7. The molecule has 5 nitrogen and oxygen atoms in total. The van der Waals surface area contributed by atoms with E-state index in [1.165, 1.54) is 16.2 Å². The molecule has 7 heteroatoms. The lowest BCUT2D eigenvalue weighted by atomic mass is 9.92. The van der Waals surface area contributed by atoms with Crippen LogP contribution in [0.15, 0.2) is 12.1 Å². The van der Waals surface area contributed by atoms with Crippen LogP contribution in [0.2, 0.25) is 0 Å². The average molecular weight is 425 g/mol. The van der Waals surface area contributed by atoms with E-state index in [9.17, 15) is 13.2 Å². The molecular weight excluding hydrogens is 392 g/mol. The highest BCUT2D eigenvalue weighted by Gasteiger charge is 2.40. The van der Waals surface area contributed by atoms with Crippen molar-refractivity contribution in [2.45, 2.75) is 76.4 Å². The predicted molar refractivity (Wildman–Crippen MR) is 113 cm³/mol. The molecule has 0 radical (unpaired) electrons. The molecule has 0 spiro atoms. The first kappa shape index (κ1) is 20.4. The molecule has 2 aliphatic heterocycles. The van der Waals surface area contributed by atoms with Gasteiger partial charge in [-0.2, -0.15) is 0 Å². The summed E-state index contributed by atoms with van der Waals surface area (Å²) in [6.07, 6.45) is 8.41. The average Bonchev–Trinajstić information content (AvgIpc) is 3.37. The monoisotopic (exact) mass is 424 g/mol. The third kappa shape index (κ3) is 4.46. The summed E-state index contributed by atoms with van der Waals surface area (Å²) in [4.78, 5) is 20.5. The van der Waals surface area contributed by atoms with Crippen molar-refractivity contribution in [3.63, 3.8) is 0 Å². The number of carbonyl (C=O) groups is 1. The highest BCUT2D eigenvalue weighted by atomic mass is 32.2. The van der Waals surface area contributed by atoms with Gasteiger partial charge in [-0.25, -0.2) is 8.42 Å². The molecule has 3 aliphatic rings. The number of thiophene rings is 1. The van der Waals surface area contributed by atoms with Gasteiger partial charge in [0.2, 0.25) is 5.91 Å². The van der Waals surface area contributed by atoms with E-state index >= 15 is 0 Å². The fourth-order valence-electron chi connectivity index (χ4n) is 5.28. The lowest BCUT2D eigenvalue weighted by Gasteiger charge is -2.39. The van der Waals surface area contributed by atoms with E-state index in [-0.39, 0.29) is 29.5 Å². The largest absolute Gasteiger partial charge is 0.335 e. The van der Waals surface area contributed by atoms with Crippen molar-refractivity contribution in [1.29, 1.82) is 0 Å². The first-order valence-electron chi connectivity index (χ1n) is 10.7. The summed E-state index contributed by atoms with van der Waals surface area (Å²) in [5.41, 5.74) is 0. The lowest BCUT2D eigenvalue weighted by Crippen LogP contribution is -2.51. The van der Waals surface area contributed by atoms with Crippen LogP contribution >= 0.6 is 11.3 Å². The van der Waals surface area contributed by atoms with Gasteiger partial charge in [0.05, 0.1) is 18.1 Å². The van der Waals surface area contributed by atoms with Gasteiger partial charge < -0.3 is 4.90 Å². The highest BCUT2D eigenvalue weighted by Crippen LogP contribution is 2.36. The number of rotatable bonds is 5. The molecule has 1 saturated carbocycles. The van der Waals surface area contributed by atoms with E-state index in [1.54, 1.807) is 0 Å². The maximum atomic E-state index is 13.5. The maximum absolute atomic E-state index is 13.5. The van der Waals surface area contributed by atoms with Gasteiger partial charge in [-0.3, -0.25) is 9.69 Å². The standard InChI is InChI=1S/C21H32N2O3S2/c1-16-9-10-20(27-16)19-8-5-12-22(19)14-21(24)23(17-6-3-2-4-7-17)18-11-13-28(25,26)15-18/h9-10,17-19H,2-8,11-15H2,1H3. The SMILES string of the molecule is Cc1ccc(C2CCCN2CC(=O)N(C2CCCCC2)C2CCS(=O)(=O)C2)s1. The van der Waals surface area contributed by atoms with Crippen LogP contribution in [0.1, 0.15) is 67.2 Å². The van der Waals surface area contributed by atoms with Crippen molar-refractivity contribution in [2.24, 2.45) is 0 Å². The van der Waals surface area contributed by atoms with Crippen molar-refractivity contribution in [3.8, 4) is 0 Å². The Morgan fingerprint density at radius 3 is 2.54 bits per heavy atom. The van der Waals surface area contributed by atoms with Gasteiger partial charge in [-0.1, -0.05) is 19.3 Å². The van der Waals surface area contributed by atoms with Gasteiger partial charge in [0.1, 0.15) is 0 Å². The molecule has 1 aromatic heterocycles. The Balaban J connectivity index is 1.50. The normalized spacial score (nSPS) is 28.6. The molecule has 1 amide bonds. The van der Waals surface area contributed by atoms with Gasteiger partial charge in [0.25, 0.3) is 0 Å². The summed E-state index contributed by atoms with van der Waals surface area (Å²) in [6, 6.07) is 4.81. The van der Waals surface area contributed by atoms with Crippen LogP contribution in [0, 0.1) is 6.92 Å². The van der Waals surface area contributed by atoms with E-state index in [2.05, 4.69) is 24.0 Å². The van der Waals surface area contributed by atoms with Crippen molar-refractivity contribution in [1.82, 2.24) is 9.80 Å². The molecule has 28 heavy (non-hydrogen) atoms. The van der Waals surface area contributed by atoms with Gasteiger partial charge in [-0.05, 0) is 57.7 Å². The topological polar surface area (TPSA) is 57.7 Å². The number of aryl methyl sites for hydroxylation is 1. The number of amides is 1. The number of carbonyl (C=O) groups excluding carboxylic acids is 1. The third-order valence-corrected chi connectivity index (χ3v) is 9.50. The molecule has 0 aromatic carbocycles. The van der Waals surface area contributed by atoms with Crippen LogP contribution in [0.25, 0.3) is 0 Å². The Morgan fingerprint density at radius 2 is 1.89 bits per heavy atom. The zero-order valence-electron chi connectivity index (χ0n) is 16.8. The maximum Gasteiger partial charge on any atom is 0.237 e. The van der Waals surface area contributed by atoms with Crippen LogP contribution in [0.5, 0.6) is 0 Å². The van der Waals surface area contributed by atoms with Crippen molar-refractivity contribution in [2.75, 3.05) is 24.6 Å². The van der Waals surface area contributed by atoms with Crippen LogP contribution in [0.4, 0.5) is 0 Å². The number of hydrogen-bond acceptors (Lipinski definition) is 5. The fourth-order valence-corrected chi connectivity index (χ4v) is 8.04. The zero-order valence-corrected chi connectivity index (χ0v) is 18.4. The molecule has 0 N–H and O–H groups in total. The number of nitrogens with zero attached hydrogens (tertiary/aromatic N) is 2. The lowest BCUT2D eigenvalue weighted by molar-refractivity contribution is -0.138. The number of likely N-dealkylation sites (tertiary alicyclic amines) is 1. The minimum Gasteiger partial charge on any atom is -0.335 e. The number of sulfone groups is 1. The summed E-state index contributed by atoms with van der Waals surface area (Å²) in [5, 5.41) is 0. The number of hydrogen-bond donors (Lipinski definition) is 0. The summed E-state index contributed by atoms with van der Waals surface area (Å²) < 4.78 is 24.2. The third-order valence-electron chi connectivity index (χ3n) is 6.65. The molecule has 3 fully saturated rings. The van der Waals surface area contributed by atoms with Crippen LogP contribution in [-0.2, 0) is 14.6 Å². The van der Waals surface area contributed by atoms with E-state index in [0.717, 1.165) is 45.1 Å². The summed E-state index contributed by atoms with van der Waals surface area (Å²) >= 11 is 1.83. The second kappa shape index (κ2) is 8.44. The predicted octanol–water partition coefficient (Wildman–Crippen LogP) is 3.54. The molecular formula is C21H32N2O3S2. The summed E-state index contributed by atoms with van der Waals surface area (Å²) in [7, 11) is -3.00. The first-order valence-corrected chi connectivity index (χ1v) is 13.4. The quantitative estimate of drug-likeness (QED) is 0.725. The minimum absolute atomic E-state index is 0.120. The smallest absolute Gasteiger partial charge is 0.237 e. The van der Waals surface area contributed by atoms with E-state index in [4.69, 9.17) is 0 Å². The molecule has 156 valence electrons. The Bertz CT molecular complexity index is 798. The van der Waals surface area contributed by atoms with E-state index < -0.39 is 9.84 Å². The van der Waals surface area contributed by atoms with Crippen LogP contribution in [0.3, 0.4) is 0 Å². The van der Waals surface area contributed by atoms with Gasteiger partial charge in [0.15, 0.2) is 9.84 Å². The summed E-state index contributed by atoms with van der Waals surface area (Å²) in [6.45, 7) is 3.51. The van der Waals surface area contributed by atoms with Crippen molar-refractivity contribution in [3.05, 3.63) is 21.9 Å². The van der Waals surface area contributed by atoms with Gasteiger partial charge in [0, 0.05) is 27.9 Å². The minimum atomic E-state index is -3.00. The fraction of sp³-hybridized carbons (Fsp3) is 0.762. The molecule has 4 rings (SSSR count). The molecule has 2 unspecified atom stereocenters. The van der Waals surface area contributed by atoms with Crippen molar-refractivity contribution >= 4 is 27.1 Å². The van der Waals surface area contributed by atoms with E-state index in [1.807, 2.05) is 16.2 Å². The Labute approximate surface area is 173 Å². The van der Waals surface area contributed by atoms with E-state index in [0.29, 0.717) is 19.0 Å². The molecule has 3 heterocycles. The molecule has 0 bridgehead atoms. The van der Waals surface area contributed by atoms with Gasteiger partial charge in [-0.15, -0.1) is 11.3 Å². The summed E-state index contributed by atoms with van der Waals surface area (Å²) in [5.74, 6) is 0.534. The highest BCUT2D eigenvalue weighted by molar-refractivity contribution is 7.91. The molecule has 2 saturated heterocycles. The van der Waals surface area contributed by atoms with Crippen LogP contribution in [-0.4, -0.2) is 60.8 Å². The second-order valence-electron chi connectivity index (χ2n) is 8.73. The Kier molecular flexibility index (Phi) is 6.14. The molecule has 1 aromatic rings. The second-order valence-corrected chi connectivity index (χ2v) is 12.3.